The van der Waals surface area contributed by atoms with Crippen molar-refractivity contribution < 1.29 is 9.13 Å². The van der Waals surface area contributed by atoms with Gasteiger partial charge in [-0.15, -0.1) is 0 Å². The monoisotopic (exact) mass is 278 g/mol. The summed E-state index contributed by atoms with van der Waals surface area (Å²) in [5, 5.41) is 7.51. The zero-order chi connectivity index (χ0) is 14.5. The first-order valence-electron chi connectivity index (χ1n) is 6.66. The van der Waals surface area contributed by atoms with E-state index in [2.05, 4.69) is 15.4 Å². The molecule has 2 aromatic heterocycles. The van der Waals surface area contributed by atoms with E-state index >= 15 is 0 Å². The Balaban J connectivity index is 2.54. The average molecular weight is 278 g/mol. The molecule has 2 aromatic rings. The first-order valence-corrected chi connectivity index (χ1v) is 6.66. The minimum absolute atomic E-state index is 0.343. The summed E-state index contributed by atoms with van der Waals surface area (Å²) in [6.45, 7) is 5.30. The average Bonchev–Trinajstić information content (AvgIpc) is 2.88. The molecular formula is C14H19FN4O. The molecule has 1 unspecified atom stereocenters. The number of pyridine rings is 1. The second kappa shape index (κ2) is 6.47. The van der Waals surface area contributed by atoms with E-state index in [1.807, 2.05) is 13.8 Å². The highest BCUT2D eigenvalue weighted by molar-refractivity contribution is 5.34. The summed E-state index contributed by atoms with van der Waals surface area (Å²) in [5.41, 5.74) is 1.14. The molecule has 0 spiro atoms. The number of nitrogens with one attached hydrogen (secondary N) is 1. The minimum Gasteiger partial charge on any atom is -0.493 e. The Kier molecular flexibility index (Phi) is 4.68. The lowest BCUT2D eigenvalue weighted by Crippen LogP contribution is -2.27. The van der Waals surface area contributed by atoms with Gasteiger partial charge in [-0.05, 0) is 25.6 Å². The fraction of sp³-hybridized carbons (Fsp3) is 0.429. The fourth-order valence-corrected chi connectivity index (χ4v) is 2.22. The van der Waals surface area contributed by atoms with Gasteiger partial charge in [0, 0.05) is 12.7 Å². The van der Waals surface area contributed by atoms with Crippen LogP contribution in [0.15, 0.2) is 24.5 Å². The number of rotatable bonds is 6. The Labute approximate surface area is 117 Å². The maximum absolute atomic E-state index is 14.1. The topological polar surface area (TPSA) is 52.0 Å². The maximum atomic E-state index is 14.1. The number of hydrogen-bond acceptors (Lipinski definition) is 4. The molecule has 6 heteroatoms. The van der Waals surface area contributed by atoms with Gasteiger partial charge in [0.15, 0.2) is 5.75 Å². The van der Waals surface area contributed by atoms with Gasteiger partial charge in [0.1, 0.15) is 11.5 Å². The van der Waals surface area contributed by atoms with Crippen molar-refractivity contribution in [2.45, 2.75) is 26.4 Å². The lowest BCUT2D eigenvalue weighted by molar-refractivity contribution is 0.396. The summed E-state index contributed by atoms with van der Waals surface area (Å²) in [5.74, 6) is 0.284. The molecule has 0 fully saturated rings. The van der Waals surface area contributed by atoms with Crippen molar-refractivity contribution in [1.29, 1.82) is 0 Å². The lowest BCUT2D eigenvalue weighted by Gasteiger charge is -2.20. The Morgan fingerprint density at radius 3 is 2.85 bits per heavy atom. The molecule has 0 aromatic carbocycles. The predicted octanol–water partition coefficient (Wildman–Crippen LogP) is 2.14. The molecule has 108 valence electrons. The lowest BCUT2D eigenvalue weighted by atomic mass is 10.1. The molecule has 0 saturated heterocycles. The predicted molar refractivity (Wildman–Crippen MR) is 74.2 cm³/mol. The molecule has 1 atom stereocenters. The van der Waals surface area contributed by atoms with Crippen LogP contribution < -0.4 is 10.1 Å². The molecule has 1 N–H and O–H groups in total. The van der Waals surface area contributed by atoms with E-state index in [9.17, 15) is 4.39 Å². The molecule has 0 radical (unpaired) electrons. The maximum Gasteiger partial charge on any atom is 0.161 e. The minimum atomic E-state index is -0.390. The third kappa shape index (κ3) is 2.65. The Morgan fingerprint density at radius 1 is 1.45 bits per heavy atom. The van der Waals surface area contributed by atoms with Gasteiger partial charge in [-0.3, -0.25) is 9.67 Å². The summed E-state index contributed by atoms with van der Waals surface area (Å²) < 4.78 is 21.2. The van der Waals surface area contributed by atoms with E-state index in [0.717, 1.165) is 5.69 Å². The van der Waals surface area contributed by atoms with Crippen LogP contribution in [0.4, 0.5) is 4.39 Å². The summed E-state index contributed by atoms with van der Waals surface area (Å²) in [6, 6.07) is 2.60. The molecule has 0 aliphatic carbocycles. The zero-order valence-corrected chi connectivity index (χ0v) is 11.9. The number of hydrogen-bond donors (Lipinski definition) is 1. The van der Waals surface area contributed by atoms with Crippen LogP contribution in [0.25, 0.3) is 0 Å². The van der Waals surface area contributed by atoms with Crippen LogP contribution in [0.1, 0.15) is 31.3 Å². The molecular weight excluding hydrogens is 259 g/mol. The van der Waals surface area contributed by atoms with Crippen molar-refractivity contribution in [2.75, 3.05) is 13.7 Å². The van der Waals surface area contributed by atoms with Gasteiger partial charge in [0.25, 0.3) is 0 Å². The number of methoxy groups -OCH3 is 1. The Morgan fingerprint density at radius 2 is 2.25 bits per heavy atom. The van der Waals surface area contributed by atoms with E-state index in [4.69, 9.17) is 4.74 Å². The van der Waals surface area contributed by atoms with Crippen LogP contribution in [-0.4, -0.2) is 28.4 Å². The van der Waals surface area contributed by atoms with E-state index in [-0.39, 0.29) is 5.82 Å². The Hall–Kier alpha value is -1.95. The summed E-state index contributed by atoms with van der Waals surface area (Å²) >= 11 is 0. The van der Waals surface area contributed by atoms with Crippen LogP contribution in [0, 0.1) is 5.82 Å². The van der Waals surface area contributed by atoms with E-state index in [1.54, 1.807) is 30.3 Å². The second-order valence-electron chi connectivity index (χ2n) is 4.28. The van der Waals surface area contributed by atoms with E-state index in [1.165, 1.54) is 6.07 Å². The van der Waals surface area contributed by atoms with Gasteiger partial charge < -0.3 is 10.1 Å². The number of ether oxygens (including phenoxy) is 1. The molecule has 0 saturated carbocycles. The third-order valence-electron chi connectivity index (χ3n) is 3.11. The molecule has 2 heterocycles. The highest BCUT2D eigenvalue weighted by Gasteiger charge is 2.25. The van der Waals surface area contributed by atoms with Crippen molar-refractivity contribution in [1.82, 2.24) is 20.1 Å². The standard InChI is InChI=1S/C14H19FN4O/c1-4-16-13(12-10(15)7-6-8-17-12)14-11(20-3)9-18-19(14)5-2/h6-9,13,16H,4-5H2,1-3H3. The molecule has 0 bridgehead atoms. The number of aryl methyl sites for hydroxylation is 1. The van der Waals surface area contributed by atoms with Crippen LogP contribution in [0.2, 0.25) is 0 Å². The van der Waals surface area contributed by atoms with Crippen molar-refractivity contribution in [3.8, 4) is 5.75 Å². The van der Waals surface area contributed by atoms with Crippen molar-refractivity contribution in [3.63, 3.8) is 0 Å². The van der Waals surface area contributed by atoms with Crippen LogP contribution >= 0.6 is 0 Å². The first-order chi connectivity index (χ1) is 9.72. The molecule has 2 rings (SSSR count). The van der Waals surface area contributed by atoms with Crippen LogP contribution in [-0.2, 0) is 6.54 Å². The quantitative estimate of drug-likeness (QED) is 0.879. The first kappa shape index (κ1) is 14.5. The third-order valence-corrected chi connectivity index (χ3v) is 3.11. The number of halogens is 1. The largest absolute Gasteiger partial charge is 0.493 e. The molecule has 20 heavy (non-hydrogen) atoms. The highest BCUT2D eigenvalue weighted by Crippen LogP contribution is 2.30. The Bertz CT molecular complexity index is 549. The summed E-state index contributed by atoms with van der Waals surface area (Å²) in [7, 11) is 1.58. The molecule has 0 aliphatic heterocycles. The SMILES string of the molecule is CCNC(c1ncccc1F)c1c(OC)cnn1CC. The number of nitrogens with zero attached hydrogens (tertiary/aromatic N) is 3. The number of aromatic nitrogens is 3. The van der Waals surface area contributed by atoms with Gasteiger partial charge >= 0.3 is 0 Å². The van der Waals surface area contributed by atoms with Gasteiger partial charge in [0.05, 0.1) is 25.0 Å². The van der Waals surface area contributed by atoms with Crippen molar-refractivity contribution in [2.24, 2.45) is 0 Å². The molecule has 0 amide bonds. The summed E-state index contributed by atoms with van der Waals surface area (Å²) in [4.78, 5) is 4.17. The van der Waals surface area contributed by atoms with Gasteiger partial charge in [-0.25, -0.2) is 4.39 Å². The highest BCUT2D eigenvalue weighted by atomic mass is 19.1. The normalized spacial score (nSPS) is 12.4. The van der Waals surface area contributed by atoms with Gasteiger partial charge in [0.2, 0.25) is 0 Å². The second-order valence-corrected chi connectivity index (χ2v) is 4.28. The van der Waals surface area contributed by atoms with Crippen LogP contribution in [0.5, 0.6) is 5.75 Å². The van der Waals surface area contributed by atoms with Crippen molar-refractivity contribution >= 4 is 0 Å². The van der Waals surface area contributed by atoms with E-state index < -0.39 is 6.04 Å². The van der Waals surface area contributed by atoms with E-state index in [0.29, 0.717) is 24.5 Å². The van der Waals surface area contributed by atoms with Gasteiger partial charge in [-0.2, -0.15) is 5.10 Å². The van der Waals surface area contributed by atoms with Crippen molar-refractivity contribution in [3.05, 3.63) is 41.7 Å². The zero-order valence-electron chi connectivity index (χ0n) is 11.9. The fourth-order valence-electron chi connectivity index (χ4n) is 2.22. The smallest absolute Gasteiger partial charge is 0.161 e. The molecule has 5 nitrogen and oxygen atoms in total. The van der Waals surface area contributed by atoms with Gasteiger partial charge in [-0.1, -0.05) is 6.92 Å². The molecule has 0 aliphatic rings. The summed E-state index contributed by atoms with van der Waals surface area (Å²) in [6.07, 6.45) is 3.23. The van der Waals surface area contributed by atoms with Crippen LogP contribution in [0.3, 0.4) is 0 Å².